The minimum Gasteiger partial charge on any atom is -0.493 e. The number of aryl methyl sites for hydroxylation is 3. The van der Waals surface area contributed by atoms with Crippen LogP contribution in [-0.4, -0.2) is 113 Å². The Morgan fingerprint density at radius 2 is 1.46 bits per heavy atom. The van der Waals surface area contributed by atoms with E-state index >= 15 is 0 Å². The van der Waals surface area contributed by atoms with Gasteiger partial charge in [-0.15, -0.1) is 0 Å². The van der Waals surface area contributed by atoms with Gasteiger partial charge in [-0.25, -0.2) is 14.5 Å². The monoisotopic (exact) mass is 974 g/mol. The second kappa shape index (κ2) is 21.8. The Morgan fingerprint density at radius 3 is 2.14 bits per heavy atom. The molecular formula is C51H58N8O12. The summed E-state index contributed by atoms with van der Waals surface area (Å²) in [4.78, 5) is 82.9. The molecule has 20 heteroatoms. The molecule has 3 aliphatic heterocycles. The molecule has 0 saturated carbocycles. The molecule has 3 N–H and O–H groups in total. The van der Waals surface area contributed by atoms with Crippen molar-refractivity contribution < 1.29 is 57.2 Å². The van der Waals surface area contributed by atoms with Gasteiger partial charge in [0.05, 0.1) is 49.5 Å². The first-order valence-electron chi connectivity index (χ1n) is 23.4. The van der Waals surface area contributed by atoms with E-state index < -0.39 is 36.5 Å². The molecule has 2 fully saturated rings. The number of ether oxygens (including phenoxy) is 6. The lowest BCUT2D eigenvalue weighted by atomic mass is 10.1. The molecule has 8 rings (SSSR count). The van der Waals surface area contributed by atoms with E-state index in [1.54, 1.807) is 88.5 Å². The Balaban J connectivity index is 0.871. The molecule has 20 nitrogen and oxygen atoms in total. The van der Waals surface area contributed by atoms with Crippen molar-refractivity contribution in [3.05, 3.63) is 108 Å². The fourth-order valence-corrected chi connectivity index (χ4v) is 9.05. The predicted molar refractivity (Wildman–Crippen MR) is 262 cm³/mol. The van der Waals surface area contributed by atoms with Gasteiger partial charge in [-0.05, 0) is 80.5 Å². The van der Waals surface area contributed by atoms with Gasteiger partial charge in [0.15, 0.2) is 24.0 Å². The number of amides is 5. The number of hydrogen-bond acceptors (Lipinski definition) is 12. The van der Waals surface area contributed by atoms with E-state index in [0.29, 0.717) is 55.2 Å². The molecular weight excluding hydrogens is 917 g/mol. The Labute approximate surface area is 410 Å². The van der Waals surface area contributed by atoms with E-state index in [-0.39, 0.29) is 71.5 Å². The Kier molecular flexibility index (Phi) is 15.3. The van der Waals surface area contributed by atoms with Crippen LogP contribution in [0.25, 0.3) is 11.1 Å². The van der Waals surface area contributed by atoms with Crippen LogP contribution in [0.1, 0.15) is 86.8 Å². The maximum absolute atomic E-state index is 14.1. The maximum atomic E-state index is 14.1. The van der Waals surface area contributed by atoms with E-state index in [2.05, 4.69) is 22.5 Å². The van der Waals surface area contributed by atoms with Gasteiger partial charge < -0.3 is 63.0 Å². The lowest BCUT2D eigenvalue weighted by molar-refractivity contribution is -0.195. The molecule has 2 aromatic carbocycles. The Hall–Kier alpha value is -7.84. The van der Waals surface area contributed by atoms with E-state index in [9.17, 15) is 28.8 Å². The molecule has 3 aromatic heterocycles. The summed E-state index contributed by atoms with van der Waals surface area (Å²) in [7, 11) is 7.85. The first-order chi connectivity index (χ1) is 34.3. The number of nitrogens with zero attached hydrogens (tertiary/aromatic N) is 5. The minimum absolute atomic E-state index is 0.0521. The summed E-state index contributed by atoms with van der Waals surface area (Å²) >= 11 is 0. The maximum Gasteiger partial charge on any atom is 0.416 e. The lowest BCUT2D eigenvalue weighted by Gasteiger charge is -2.38. The van der Waals surface area contributed by atoms with Crippen molar-refractivity contribution in [1.82, 2.24) is 18.6 Å². The second-order valence-electron chi connectivity index (χ2n) is 17.4. The van der Waals surface area contributed by atoms with Gasteiger partial charge in [0.1, 0.15) is 23.7 Å². The molecule has 6 heterocycles. The van der Waals surface area contributed by atoms with Crippen LogP contribution in [0.3, 0.4) is 0 Å². The highest BCUT2D eigenvalue weighted by Crippen LogP contribution is 2.43. The number of anilines is 4. The number of nitrogens with one attached hydrogen (secondary N) is 3. The number of fused-ring (bicyclic) bond motifs is 2. The molecule has 374 valence electrons. The smallest absolute Gasteiger partial charge is 0.416 e. The summed E-state index contributed by atoms with van der Waals surface area (Å²) in [6.45, 7) is 4.77. The zero-order valence-electron chi connectivity index (χ0n) is 40.4. The van der Waals surface area contributed by atoms with Crippen molar-refractivity contribution in [3.63, 3.8) is 0 Å². The number of methoxy groups -OCH3 is 2. The fourth-order valence-electron chi connectivity index (χ4n) is 9.05. The number of aromatic nitrogens is 3. The average Bonchev–Trinajstić information content (AvgIpc) is 4.17. The van der Waals surface area contributed by atoms with E-state index in [1.165, 1.54) is 31.3 Å². The third kappa shape index (κ3) is 11.0. The van der Waals surface area contributed by atoms with Crippen molar-refractivity contribution in [2.75, 3.05) is 61.4 Å². The average molecular weight is 975 g/mol. The number of benzene rings is 2. The highest BCUT2D eigenvalue weighted by Gasteiger charge is 2.48. The number of esters is 1. The summed E-state index contributed by atoms with van der Waals surface area (Å²) < 4.78 is 39.5. The van der Waals surface area contributed by atoms with Crippen LogP contribution in [0.5, 0.6) is 11.5 Å². The lowest BCUT2D eigenvalue weighted by Crippen LogP contribution is -2.54. The van der Waals surface area contributed by atoms with Crippen molar-refractivity contribution in [2.24, 2.45) is 21.1 Å². The summed E-state index contributed by atoms with van der Waals surface area (Å²) in [6, 6.07) is 14.8. The van der Waals surface area contributed by atoms with Gasteiger partial charge in [-0.2, -0.15) is 0 Å². The van der Waals surface area contributed by atoms with Gasteiger partial charge in [0.25, 0.3) is 17.7 Å². The molecule has 0 aliphatic carbocycles. The molecule has 0 bridgehead atoms. The van der Waals surface area contributed by atoms with Gasteiger partial charge in [-0.1, -0.05) is 24.8 Å². The fraction of sp³-hybridized carbons (Fsp3) is 0.373. The molecule has 3 aliphatic rings. The van der Waals surface area contributed by atoms with Crippen LogP contribution in [-0.2, 0) is 44.9 Å². The highest BCUT2D eigenvalue weighted by molar-refractivity contribution is 6.08. The molecule has 5 aromatic rings. The SMILES string of the molecule is C=CCOC(=O)N1c2cc(OCCCC(=O)Nc3ccc(-c4cc(C(=O)Nc5cc(C(=O)Nc6cc(C(=O)OC)n(C)c6)n(C)c5)n(C)c4)cc3)c(OC)cc2C(=O)N2CCC[C@H]2C1OC1CCCCO1. The second-order valence-corrected chi connectivity index (χ2v) is 17.4. The third-order valence-corrected chi connectivity index (χ3v) is 12.6. The van der Waals surface area contributed by atoms with Crippen LogP contribution in [0.15, 0.2) is 85.8 Å². The standard InChI is InChI=1S/C51H58N8O12/c1-7-20-70-51(65)59-38-27-43(42(66-5)26-36(38)48(63)58-19-10-12-37(58)49(59)71-45-14-8-9-21-69-45)68-22-11-13-44(60)52-33-17-15-31(16-18-33)32-23-39(55(2)28-32)46(61)53-34-24-40(56(3)29-34)47(62)54-35-25-41(50(64)67-6)57(4)30-35/h7,15-18,23-30,37,45,49H,1,8-14,19-22H2,2-6H3,(H,52,60)(H,53,61)(H,54,62)/t37-,45?,49?/m0/s1. The van der Waals surface area contributed by atoms with Crippen molar-refractivity contribution in [3.8, 4) is 22.6 Å². The molecule has 0 radical (unpaired) electrons. The van der Waals surface area contributed by atoms with Crippen LogP contribution in [0.2, 0.25) is 0 Å². The molecule has 3 atom stereocenters. The van der Waals surface area contributed by atoms with Crippen LogP contribution >= 0.6 is 0 Å². The van der Waals surface area contributed by atoms with Crippen molar-refractivity contribution in [2.45, 2.75) is 63.5 Å². The normalized spacial score (nSPS) is 17.4. The van der Waals surface area contributed by atoms with Crippen LogP contribution < -0.4 is 30.3 Å². The van der Waals surface area contributed by atoms with Gasteiger partial charge in [0, 0.05) is 76.6 Å². The molecule has 2 unspecified atom stereocenters. The summed E-state index contributed by atoms with van der Waals surface area (Å²) in [5, 5.41) is 8.55. The number of carbonyl (C=O) groups is 6. The molecule has 2 saturated heterocycles. The molecule has 0 spiro atoms. The summed E-state index contributed by atoms with van der Waals surface area (Å²) in [5.41, 5.74) is 4.38. The van der Waals surface area contributed by atoms with Crippen LogP contribution in [0, 0.1) is 0 Å². The zero-order chi connectivity index (χ0) is 50.3. The highest BCUT2D eigenvalue weighted by atomic mass is 16.7. The first kappa shape index (κ1) is 49.6. The third-order valence-electron chi connectivity index (χ3n) is 12.6. The Morgan fingerprint density at radius 1 is 0.775 bits per heavy atom. The van der Waals surface area contributed by atoms with Gasteiger partial charge in [0.2, 0.25) is 5.91 Å². The van der Waals surface area contributed by atoms with Crippen LogP contribution in [0.4, 0.5) is 27.5 Å². The molecule has 71 heavy (non-hydrogen) atoms. The first-order valence-corrected chi connectivity index (χ1v) is 23.4. The van der Waals surface area contributed by atoms with E-state index in [4.69, 9.17) is 28.4 Å². The molecule has 5 amide bonds. The largest absolute Gasteiger partial charge is 0.493 e. The predicted octanol–water partition coefficient (Wildman–Crippen LogP) is 7.08. The topological polar surface area (TPSA) is 215 Å². The summed E-state index contributed by atoms with van der Waals surface area (Å²) in [5.74, 6) is -1.31. The van der Waals surface area contributed by atoms with Crippen molar-refractivity contribution >= 4 is 58.4 Å². The zero-order valence-corrected chi connectivity index (χ0v) is 40.4. The summed E-state index contributed by atoms with van der Waals surface area (Å²) in [6.07, 6.45) is 8.62. The van der Waals surface area contributed by atoms with E-state index in [1.807, 2.05) is 18.3 Å². The quantitative estimate of drug-likeness (QED) is 0.0484. The minimum atomic E-state index is -0.897. The van der Waals surface area contributed by atoms with Gasteiger partial charge in [-0.3, -0.25) is 19.2 Å². The number of rotatable bonds is 17. The van der Waals surface area contributed by atoms with Gasteiger partial charge >= 0.3 is 12.1 Å². The van der Waals surface area contributed by atoms with E-state index in [0.717, 1.165) is 30.4 Å². The number of carbonyl (C=O) groups excluding carboxylic acids is 6. The van der Waals surface area contributed by atoms with Crippen molar-refractivity contribution in [1.29, 1.82) is 0 Å². The Bertz CT molecular complexity index is 2820. The number of hydrogen-bond donors (Lipinski definition) is 3.